The van der Waals surface area contributed by atoms with E-state index in [-0.39, 0.29) is 10.9 Å². The molecule has 0 fully saturated rings. The Hall–Kier alpha value is -1.98. The zero-order valence-electron chi connectivity index (χ0n) is 9.25. The van der Waals surface area contributed by atoms with Crippen LogP contribution in [0.3, 0.4) is 0 Å². The second-order valence-corrected chi connectivity index (χ2v) is 3.91. The van der Waals surface area contributed by atoms with E-state index in [9.17, 15) is 19.4 Å². The van der Waals surface area contributed by atoms with Crippen molar-refractivity contribution >= 4 is 16.7 Å². The molecule has 0 aliphatic carbocycles. The minimum atomic E-state index is -1.95. The number of rotatable bonds is 3. The van der Waals surface area contributed by atoms with Crippen LogP contribution in [0.2, 0.25) is 0 Å². The van der Waals surface area contributed by atoms with Crippen molar-refractivity contribution in [1.29, 1.82) is 0 Å². The number of hydrogen-bond acceptors (Lipinski definition) is 3. The highest BCUT2D eigenvalue weighted by Gasteiger charge is 2.26. The lowest BCUT2D eigenvalue weighted by Crippen LogP contribution is -2.27. The number of aliphatic hydroxyl groups excluding tert-OH is 2. The molecule has 2 unspecified atom stereocenters. The predicted octanol–water partition coefficient (Wildman–Crippen LogP) is 1.46. The Labute approximate surface area is 102 Å². The number of hydrogen-bond donors (Lipinski definition) is 3. The number of fused-ring (bicyclic) bond motifs is 1. The SMILES string of the molecule is O=C(O)C(O)C(O)c1ccc(F)c2ccccc12. The van der Waals surface area contributed by atoms with Gasteiger partial charge in [0.1, 0.15) is 11.9 Å². The Morgan fingerprint density at radius 2 is 1.67 bits per heavy atom. The summed E-state index contributed by atoms with van der Waals surface area (Å²) in [5, 5.41) is 28.4. The summed E-state index contributed by atoms with van der Waals surface area (Å²) >= 11 is 0. The van der Waals surface area contributed by atoms with E-state index < -0.39 is 24.0 Å². The number of aliphatic hydroxyl groups is 2. The Morgan fingerprint density at radius 3 is 2.28 bits per heavy atom. The van der Waals surface area contributed by atoms with Gasteiger partial charge in [0.05, 0.1) is 0 Å². The van der Waals surface area contributed by atoms with Crippen LogP contribution in [-0.2, 0) is 4.79 Å². The van der Waals surface area contributed by atoms with Crippen LogP contribution in [-0.4, -0.2) is 27.4 Å². The molecule has 0 saturated carbocycles. The van der Waals surface area contributed by atoms with Crippen LogP contribution in [0.1, 0.15) is 11.7 Å². The van der Waals surface area contributed by atoms with Crippen LogP contribution in [0.5, 0.6) is 0 Å². The summed E-state index contributed by atoms with van der Waals surface area (Å²) in [6, 6.07) is 8.77. The molecule has 0 amide bonds. The maximum atomic E-state index is 13.5. The predicted molar refractivity (Wildman–Crippen MR) is 62.5 cm³/mol. The zero-order valence-corrected chi connectivity index (χ0v) is 9.25. The summed E-state index contributed by atoms with van der Waals surface area (Å²) in [7, 11) is 0. The van der Waals surface area contributed by atoms with Crippen molar-refractivity contribution < 1.29 is 24.5 Å². The van der Waals surface area contributed by atoms with Gasteiger partial charge in [0.25, 0.3) is 0 Å². The lowest BCUT2D eigenvalue weighted by molar-refractivity contribution is -0.153. The molecule has 0 aliphatic heterocycles. The topological polar surface area (TPSA) is 77.8 Å². The van der Waals surface area contributed by atoms with Gasteiger partial charge >= 0.3 is 5.97 Å². The number of benzene rings is 2. The first-order chi connectivity index (χ1) is 8.52. The molecule has 4 nitrogen and oxygen atoms in total. The fourth-order valence-electron chi connectivity index (χ4n) is 1.85. The van der Waals surface area contributed by atoms with E-state index >= 15 is 0 Å². The van der Waals surface area contributed by atoms with E-state index in [0.29, 0.717) is 5.39 Å². The van der Waals surface area contributed by atoms with Crippen molar-refractivity contribution in [3.63, 3.8) is 0 Å². The van der Waals surface area contributed by atoms with Crippen molar-refractivity contribution in [2.24, 2.45) is 0 Å². The Kier molecular flexibility index (Phi) is 3.27. The summed E-state index contributed by atoms with van der Waals surface area (Å²) in [4.78, 5) is 10.6. The van der Waals surface area contributed by atoms with Gasteiger partial charge < -0.3 is 15.3 Å². The van der Waals surface area contributed by atoms with Crippen LogP contribution in [0, 0.1) is 5.82 Å². The van der Waals surface area contributed by atoms with Gasteiger partial charge in [-0.1, -0.05) is 30.3 Å². The van der Waals surface area contributed by atoms with E-state index in [1.807, 2.05) is 0 Å². The highest BCUT2D eigenvalue weighted by Crippen LogP contribution is 2.28. The quantitative estimate of drug-likeness (QED) is 0.770. The van der Waals surface area contributed by atoms with E-state index in [4.69, 9.17) is 5.11 Å². The first-order valence-corrected chi connectivity index (χ1v) is 5.28. The van der Waals surface area contributed by atoms with Crippen molar-refractivity contribution in [1.82, 2.24) is 0 Å². The number of carbonyl (C=O) groups is 1. The van der Waals surface area contributed by atoms with Crippen molar-refractivity contribution in [3.8, 4) is 0 Å². The first kappa shape index (κ1) is 12.5. The lowest BCUT2D eigenvalue weighted by Gasteiger charge is -2.16. The molecular weight excluding hydrogens is 239 g/mol. The van der Waals surface area contributed by atoms with Crippen molar-refractivity contribution in [3.05, 3.63) is 47.8 Å². The average Bonchev–Trinajstić information content (AvgIpc) is 2.38. The molecule has 0 bridgehead atoms. The third-order valence-electron chi connectivity index (χ3n) is 2.78. The van der Waals surface area contributed by atoms with Gasteiger partial charge in [-0.2, -0.15) is 0 Å². The normalized spacial score (nSPS) is 14.4. The highest BCUT2D eigenvalue weighted by molar-refractivity contribution is 5.87. The Balaban J connectivity index is 2.58. The summed E-state index contributed by atoms with van der Waals surface area (Å²) in [6.45, 7) is 0. The maximum absolute atomic E-state index is 13.5. The Bertz CT molecular complexity index is 597. The molecule has 5 heteroatoms. The molecule has 0 radical (unpaired) electrons. The molecule has 18 heavy (non-hydrogen) atoms. The second kappa shape index (κ2) is 4.72. The molecular formula is C13H11FO4. The number of carboxylic acid groups (broad SMARTS) is 1. The van der Waals surface area contributed by atoms with Crippen molar-refractivity contribution in [2.45, 2.75) is 12.2 Å². The first-order valence-electron chi connectivity index (χ1n) is 5.28. The minimum Gasteiger partial charge on any atom is -0.479 e. The molecule has 94 valence electrons. The Morgan fingerprint density at radius 1 is 1.06 bits per heavy atom. The molecule has 0 saturated heterocycles. The molecule has 2 aromatic rings. The van der Waals surface area contributed by atoms with Crippen LogP contribution >= 0.6 is 0 Å². The van der Waals surface area contributed by atoms with E-state index in [2.05, 4.69) is 0 Å². The molecule has 3 N–H and O–H groups in total. The van der Waals surface area contributed by atoms with Gasteiger partial charge in [-0.05, 0) is 17.0 Å². The number of aliphatic carboxylic acids is 1. The summed E-state index contributed by atoms with van der Waals surface area (Å²) < 4.78 is 13.5. The van der Waals surface area contributed by atoms with Crippen molar-refractivity contribution in [2.75, 3.05) is 0 Å². The smallest absolute Gasteiger partial charge is 0.335 e. The van der Waals surface area contributed by atoms with E-state index in [0.717, 1.165) is 6.07 Å². The monoisotopic (exact) mass is 250 g/mol. The van der Waals surface area contributed by atoms with Gasteiger partial charge in [-0.15, -0.1) is 0 Å². The molecule has 0 aliphatic rings. The molecule has 2 atom stereocenters. The molecule has 0 aromatic heterocycles. The summed E-state index contributed by atoms with van der Waals surface area (Å²) in [6.07, 6.45) is -3.55. The van der Waals surface area contributed by atoms with Gasteiger partial charge in [0.15, 0.2) is 6.10 Å². The minimum absolute atomic E-state index is 0.182. The third-order valence-corrected chi connectivity index (χ3v) is 2.78. The largest absolute Gasteiger partial charge is 0.479 e. The van der Waals surface area contributed by atoms with Crippen LogP contribution in [0.25, 0.3) is 10.8 Å². The standard InChI is InChI=1S/C13H11FO4/c14-10-6-5-9(11(15)12(16)13(17)18)7-3-1-2-4-8(7)10/h1-6,11-12,15-16H,(H,17,18). The summed E-state index contributed by atoms with van der Waals surface area (Å²) in [5.41, 5.74) is 0.182. The van der Waals surface area contributed by atoms with Gasteiger partial charge in [0.2, 0.25) is 0 Å². The van der Waals surface area contributed by atoms with E-state index in [1.165, 1.54) is 12.1 Å². The van der Waals surface area contributed by atoms with Gasteiger partial charge in [0, 0.05) is 5.39 Å². The molecule has 0 heterocycles. The summed E-state index contributed by atoms with van der Waals surface area (Å²) in [5.74, 6) is -2.00. The van der Waals surface area contributed by atoms with Gasteiger partial charge in [-0.25, -0.2) is 9.18 Å². The van der Waals surface area contributed by atoms with E-state index in [1.54, 1.807) is 18.2 Å². The number of carboxylic acids is 1. The van der Waals surface area contributed by atoms with Crippen LogP contribution in [0.4, 0.5) is 4.39 Å². The average molecular weight is 250 g/mol. The maximum Gasteiger partial charge on any atom is 0.335 e. The molecule has 0 spiro atoms. The third kappa shape index (κ3) is 2.05. The second-order valence-electron chi connectivity index (χ2n) is 3.91. The zero-order chi connectivity index (χ0) is 13.3. The van der Waals surface area contributed by atoms with Gasteiger partial charge in [-0.3, -0.25) is 0 Å². The van der Waals surface area contributed by atoms with Crippen LogP contribution < -0.4 is 0 Å². The fourth-order valence-corrected chi connectivity index (χ4v) is 1.85. The lowest BCUT2D eigenvalue weighted by atomic mass is 9.97. The molecule has 2 aromatic carbocycles. The highest BCUT2D eigenvalue weighted by atomic mass is 19.1. The molecule has 2 rings (SSSR count). The number of halogens is 1. The fraction of sp³-hybridized carbons (Fsp3) is 0.154. The van der Waals surface area contributed by atoms with Crippen LogP contribution in [0.15, 0.2) is 36.4 Å².